The zero-order chi connectivity index (χ0) is 18.7. The molecule has 0 saturated carbocycles. The van der Waals surface area contributed by atoms with Crippen molar-refractivity contribution in [3.8, 4) is 0 Å². The van der Waals surface area contributed by atoms with Crippen LogP contribution in [0.5, 0.6) is 0 Å². The van der Waals surface area contributed by atoms with Gasteiger partial charge >= 0.3 is 0 Å². The van der Waals surface area contributed by atoms with Crippen LogP contribution in [-0.4, -0.2) is 63.9 Å². The van der Waals surface area contributed by atoms with Gasteiger partial charge in [0.05, 0.1) is 18.2 Å². The second kappa shape index (κ2) is 9.01. The molecule has 10 heteroatoms. The number of sulfonamides is 1. The topological polar surface area (TPSA) is 105 Å². The van der Waals surface area contributed by atoms with Gasteiger partial charge in [-0.3, -0.25) is 9.59 Å². The van der Waals surface area contributed by atoms with Crippen LogP contribution in [0.1, 0.15) is 40.0 Å². The summed E-state index contributed by atoms with van der Waals surface area (Å²) in [7, 11) is -2.13. The third kappa shape index (κ3) is 4.43. The number of nitrogens with zero attached hydrogens (tertiary/aromatic N) is 1. The minimum atomic E-state index is -3.95. The van der Waals surface area contributed by atoms with Gasteiger partial charge in [0, 0.05) is 18.7 Å². The SMILES string of the molecule is CNCCCNC(=O)c1ccc2c(c1)S(=O)(=O)N(CC1CCCO1)C2=O.Cl. The van der Waals surface area contributed by atoms with Gasteiger partial charge < -0.3 is 15.4 Å². The van der Waals surface area contributed by atoms with Gasteiger partial charge in [0.2, 0.25) is 0 Å². The molecule has 1 aromatic rings. The zero-order valence-electron chi connectivity index (χ0n) is 15.1. The van der Waals surface area contributed by atoms with Crippen molar-refractivity contribution in [1.82, 2.24) is 14.9 Å². The number of halogens is 1. The van der Waals surface area contributed by atoms with E-state index in [0.717, 1.165) is 30.1 Å². The normalized spacial score (nSPS) is 20.3. The lowest BCUT2D eigenvalue weighted by atomic mass is 10.1. The summed E-state index contributed by atoms with van der Waals surface area (Å²) in [6.07, 6.45) is 2.09. The molecule has 1 unspecified atom stereocenters. The molecule has 27 heavy (non-hydrogen) atoms. The minimum absolute atomic E-state index is 0. The number of ether oxygens (including phenoxy) is 1. The third-order valence-corrected chi connectivity index (χ3v) is 6.34. The first kappa shape index (κ1) is 21.6. The molecule has 2 heterocycles. The van der Waals surface area contributed by atoms with Crippen molar-refractivity contribution in [3.05, 3.63) is 29.3 Å². The van der Waals surface area contributed by atoms with E-state index in [-0.39, 0.29) is 47.0 Å². The maximum absolute atomic E-state index is 12.8. The Balaban J connectivity index is 0.00000261. The van der Waals surface area contributed by atoms with Crippen LogP contribution in [0.4, 0.5) is 0 Å². The number of benzene rings is 1. The Morgan fingerprint density at radius 2 is 2.11 bits per heavy atom. The minimum Gasteiger partial charge on any atom is -0.376 e. The first-order valence-electron chi connectivity index (χ1n) is 8.70. The van der Waals surface area contributed by atoms with Crippen molar-refractivity contribution in [1.29, 1.82) is 0 Å². The highest BCUT2D eigenvalue weighted by Gasteiger charge is 2.43. The monoisotopic (exact) mass is 417 g/mol. The quantitative estimate of drug-likeness (QED) is 0.635. The van der Waals surface area contributed by atoms with Gasteiger partial charge in [-0.15, -0.1) is 12.4 Å². The number of fused-ring (bicyclic) bond motifs is 1. The Bertz CT molecular complexity index is 809. The van der Waals surface area contributed by atoms with Crippen LogP contribution in [0.2, 0.25) is 0 Å². The summed E-state index contributed by atoms with van der Waals surface area (Å²) in [5.41, 5.74) is 0.332. The number of carbonyl (C=O) groups excluding carboxylic acids is 2. The number of hydrogen-bond donors (Lipinski definition) is 2. The average molecular weight is 418 g/mol. The molecule has 2 aliphatic rings. The predicted molar refractivity (Wildman–Crippen MR) is 102 cm³/mol. The largest absolute Gasteiger partial charge is 0.376 e. The lowest BCUT2D eigenvalue weighted by Gasteiger charge is -2.18. The Morgan fingerprint density at radius 1 is 1.33 bits per heavy atom. The van der Waals surface area contributed by atoms with Crippen LogP contribution in [0.25, 0.3) is 0 Å². The smallest absolute Gasteiger partial charge is 0.269 e. The molecule has 1 saturated heterocycles. The predicted octanol–water partition coefficient (Wildman–Crippen LogP) is 0.771. The van der Waals surface area contributed by atoms with Crippen molar-refractivity contribution >= 4 is 34.2 Å². The highest BCUT2D eigenvalue weighted by atomic mass is 35.5. The summed E-state index contributed by atoms with van der Waals surface area (Å²) in [6, 6.07) is 4.17. The lowest BCUT2D eigenvalue weighted by Crippen LogP contribution is -2.36. The number of hydrogen-bond acceptors (Lipinski definition) is 6. The van der Waals surface area contributed by atoms with Crippen LogP contribution in [0, 0.1) is 0 Å². The summed E-state index contributed by atoms with van der Waals surface area (Å²) in [6.45, 7) is 1.85. The van der Waals surface area contributed by atoms with Crippen LogP contribution >= 0.6 is 12.4 Å². The van der Waals surface area contributed by atoms with E-state index in [1.807, 2.05) is 7.05 Å². The first-order valence-corrected chi connectivity index (χ1v) is 10.1. The summed E-state index contributed by atoms with van der Waals surface area (Å²) in [5, 5.41) is 5.72. The van der Waals surface area contributed by atoms with Gasteiger partial charge in [0.15, 0.2) is 0 Å². The van der Waals surface area contributed by atoms with Gasteiger partial charge in [0.1, 0.15) is 4.90 Å². The number of amides is 2. The molecule has 0 aromatic heterocycles. The summed E-state index contributed by atoms with van der Waals surface area (Å²) in [4.78, 5) is 24.6. The molecule has 2 amide bonds. The van der Waals surface area contributed by atoms with Crippen LogP contribution in [0.3, 0.4) is 0 Å². The highest BCUT2D eigenvalue weighted by molar-refractivity contribution is 7.90. The molecule has 2 aliphatic heterocycles. The Hall–Kier alpha value is -1.68. The first-order chi connectivity index (χ1) is 12.4. The van der Waals surface area contributed by atoms with E-state index in [2.05, 4.69) is 10.6 Å². The maximum Gasteiger partial charge on any atom is 0.269 e. The molecule has 2 N–H and O–H groups in total. The van der Waals surface area contributed by atoms with Gasteiger partial charge in [-0.2, -0.15) is 0 Å². The Morgan fingerprint density at radius 3 is 2.78 bits per heavy atom. The van der Waals surface area contributed by atoms with E-state index >= 15 is 0 Å². The molecule has 1 aromatic carbocycles. The number of carbonyl (C=O) groups is 2. The van der Waals surface area contributed by atoms with E-state index in [1.165, 1.54) is 18.2 Å². The van der Waals surface area contributed by atoms with E-state index in [4.69, 9.17) is 4.74 Å². The van der Waals surface area contributed by atoms with Gasteiger partial charge in [-0.1, -0.05) is 0 Å². The fourth-order valence-electron chi connectivity index (χ4n) is 3.14. The van der Waals surface area contributed by atoms with Crippen molar-refractivity contribution in [2.24, 2.45) is 0 Å². The molecular formula is C17H24ClN3O5S. The van der Waals surface area contributed by atoms with Gasteiger partial charge in [-0.05, 0) is 51.1 Å². The van der Waals surface area contributed by atoms with Crippen molar-refractivity contribution in [2.75, 3.05) is 33.3 Å². The van der Waals surface area contributed by atoms with Gasteiger partial charge in [0.25, 0.3) is 21.8 Å². The average Bonchev–Trinajstić information content (AvgIpc) is 3.20. The Labute approximate surface area is 165 Å². The molecule has 8 nitrogen and oxygen atoms in total. The summed E-state index contributed by atoms with van der Waals surface area (Å²) >= 11 is 0. The maximum atomic E-state index is 12.8. The number of nitrogens with one attached hydrogen (secondary N) is 2. The molecule has 0 aliphatic carbocycles. The molecule has 0 spiro atoms. The van der Waals surface area contributed by atoms with Crippen molar-refractivity contribution in [3.63, 3.8) is 0 Å². The summed E-state index contributed by atoms with van der Waals surface area (Å²) < 4.78 is 31.8. The van der Waals surface area contributed by atoms with E-state index in [0.29, 0.717) is 13.2 Å². The lowest BCUT2D eigenvalue weighted by molar-refractivity contribution is 0.0707. The molecule has 3 rings (SSSR count). The Kier molecular flexibility index (Phi) is 7.21. The fourth-order valence-corrected chi connectivity index (χ4v) is 4.77. The van der Waals surface area contributed by atoms with Crippen LogP contribution in [0.15, 0.2) is 23.1 Å². The van der Waals surface area contributed by atoms with Crippen molar-refractivity contribution in [2.45, 2.75) is 30.3 Å². The second-order valence-electron chi connectivity index (χ2n) is 6.40. The molecule has 0 bridgehead atoms. The van der Waals surface area contributed by atoms with E-state index < -0.39 is 15.9 Å². The zero-order valence-corrected chi connectivity index (χ0v) is 16.7. The van der Waals surface area contributed by atoms with E-state index in [1.54, 1.807) is 0 Å². The molecule has 150 valence electrons. The molecule has 1 atom stereocenters. The van der Waals surface area contributed by atoms with Crippen LogP contribution < -0.4 is 10.6 Å². The highest BCUT2D eigenvalue weighted by Crippen LogP contribution is 2.32. The molecular weight excluding hydrogens is 394 g/mol. The van der Waals surface area contributed by atoms with Crippen molar-refractivity contribution < 1.29 is 22.7 Å². The second-order valence-corrected chi connectivity index (χ2v) is 8.23. The third-order valence-electron chi connectivity index (χ3n) is 4.55. The van der Waals surface area contributed by atoms with Gasteiger partial charge in [-0.25, -0.2) is 12.7 Å². The number of rotatable bonds is 7. The molecule has 0 radical (unpaired) electrons. The fraction of sp³-hybridized carbons (Fsp3) is 0.529. The molecule has 1 fully saturated rings. The summed E-state index contributed by atoms with van der Waals surface area (Å²) in [5.74, 6) is -0.916. The van der Waals surface area contributed by atoms with Crippen LogP contribution in [-0.2, 0) is 14.8 Å². The van der Waals surface area contributed by atoms with E-state index in [9.17, 15) is 18.0 Å². The standard InChI is InChI=1S/C17H23N3O5S.ClH/c1-18-7-3-8-19-16(21)12-5-6-14-15(10-12)26(23,24)20(17(14)22)11-13-4-2-9-25-13;/h5-6,10,13,18H,2-4,7-9,11H2,1H3,(H,19,21);1H.